The first kappa shape index (κ1) is 9.78. The molecule has 1 aliphatic rings. The highest BCUT2D eigenvalue weighted by molar-refractivity contribution is 6.32. The molecule has 14 heavy (non-hydrogen) atoms. The number of aromatic nitrogens is 1. The second-order valence-electron chi connectivity index (χ2n) is 3.81. The molecule has 2 nitrogen and oxygen atoms in total. The third-order valence-corrected chi connectivity index (χ3v) is 3.01. The largest absolute Gasteiger partial charge is 0.366 e. The summed E-state index contributed by atoms with van der Waals surface area (Å²) in [5.41, 5.74) is 0. The number of halogens is 1. The maximum absolute atomic E-state index is 6.02. The predicted molar refractivity (Wildman–Crippen MR) is 59.7 cm³/mol. The van der Waals surface area contributed by atoms with Crippen LogP contribution in [0.15, 0.2) is 18.3 Å². The molecule has 1 heterocycles. The van der Waals surface area contributed by atoms with Gasteiger partial charge in [0.1, 0.15) is 5.82 Å². The van der Waals surface area contributed by atoms with Crippen molar-refractivity contribution < 1.29 is 0 Å². The van der Waals surface area contributed by atoms with Crippen molar-refractivity contribution in [2.75, 3.05) is 5.32 Å². The summed E-state index contributed by atoms with van der Waals surface area (Å²) < 4.78 is 0. The lowest BCUT2D eigenvalue weighted by molar-refractivity contribution is 0.462. The maximum Gasteiger partial charge on any atom is 0.144 e. The van der Waals surface area contributed by atoms with E-state index >= 15 is 0 Å². The number of nitrogens with one attached hydrogen (secondary N) is 1. The molecule has 0 spiro atoms. The zero-order valence-electron chi connectivity index (χ0n) is 8.17. The van der Waals surface area contributed by atoms with Crippen molar-refractivity contribution in [2.24, 2.45) is 0 Å². The summed E-state index contributed by atoms with van der Waals surface area (Å²) >= 11 is 6.02. The van der Waals surface area contributed by atoms with Gasteiger partial charge in [0.15, 0.2) is 0 Å². The summed E-state index contributed by atoms with van der Waals surface area (Å²) in [7, 11) is 0. The molecule has 0 saturated heterocycles. The van der Waals surface area contributed by atoms with E-state index in [9.17, 15) is 0 Å². The normalized spacial score (nSPS) is 18.1. The SMILES string of the molecule is Clc1cccnc1NC1CCCCC1. The van der Waals surface area contributed by atoms with Crippen LogP contribution in [0.4, 0.5) is 5.82 Å². The molecule has 0 bridgehead atoms. The first-order chi connectivity index (χ1) is 6.86. The highest BCUT2D eigenvalue weighted by Crippen LogP contribution is 2.24. The summed E-state index contributed by atoms with van der Waals surface area (Å²) in [4.78, 5) is 4.23. The van der Waals surface area contributed by atoms with Crippen molar-refractivity contribution in [1.29, 1.82) is 0 Å². The molecule has 1 saturated carbocycles. The third-order valence-electron chi connectivity index (χ3n) is 2.70. The molecule has 1 aromatic heterocycles. The Morgan fingerprint density at radius 3 is 2.79 bits per heavy atom. The molecule has 1 aliphatic carbocycles. The second-order valence-corrected chi connectivity index (χ2v) is 4.22. The van der Waals surface area contributed by atoms with Crippen LogP contribution in [0.25, 0.3) is 0 Å². The van der Waals surface area contributed by atoms with Crippen LogP contribution >= 0.6 is 11.6 Å². The minimum atomic E-state index is 0.566. The van der Waals surface area contributed by atoms with E-state index in [0.717, 1.165) is 10.8 Å². The Labute approximate surface area is 89.7 Å². The van der Waals surface area contributed by atoms with Gasteiger partial charge in [-0.2, -0.15) is 0 Å². The number of hydrogen-bond acceptors (Lipinski definition) is 2. The van der Waals surface area contributed by atoms with Gasteiger partial charge in [0.25, 0.3) is 0 Å². The number of anilines is 1. The maximum atomic E-state index is 6.02. The number of hydrogen-bond donors (Lipinski definition) is 1. The molecule has 0 aromatic carbocycles. The molecule has 0 aliphatic heterocycles. The van der Waals surface area contributed by atoms with E-state index in [1.54, 1.807) is 6.20 Å². The zero-order valence-corrected chi connectivity index (χ0v) is 8.93. The molecule has 0 radical (unpaired) electrons. The summed E-state index contributed by atoms with van der Waals surface area (Å²) in [5, 5.41) is 4.13. The van der Waals surface area contributed by atoms with Gasteiger partial charge in [-0.15, -0.1) is 0 Å². The molecule has 0 atom stereocenters. The van der Waals surface area contributed by atoms with E-state index < -0.39 is 0 Å². The molecule has 76 valence electrons. The first-order valence-electron chi connectivity index (χ1n) is 5.23. The standard InChI is InChI=1S/C11H15ClN2/c12-10-7-4-8-13-11(10)14-9-5-2-1-3-6-9/h4,7-9H,1-3,5-6H2,(H,13,14). The summed E-state index contributed by atoms with van der Waals surface area (Å²) in [6, 6.07) is 4.30. The highest BCUT2D eigenvalue weighted by atomic mass is 35.5. The van der Waals surface area contributed by atoms with Crippen LogP contribution in [0.3, 0.4) is 0 Å². The van der Waals surface area contributed by atoms with E-state index in [2.05, 4.69) is 10.3 Å². The lowest BCUT2D eigenvalue weighted by Gasteiger charge is -2.23. The van der Waals surface area contributed by atoms with Crippen LogP contribution in [0, 0.1) is 0 Å². The fraction of sp³-hybridized carbons (Fsp3) is 0.545. The summed E-state index contributed by atoms with van der Waals surface area (Å²) in [6.45, 7) is 0. The Morgan fingerprint density at radius 1 is 1.29 bits per heavy atom. The monoisotopic (exact) mass is 210 g/mol. The number of rotatable bonds is 2. The van der Waals surface area contributed by atoms with Crippen molar-refractivity contribution >= 4 is 17.4 Å². The van der Waals surface area contributed by atoms with E-state index in [-0.39, 0.29) is 0 Å². The van der Waals surface area contributed by atoms with Gasteiger partial charge in [0.2, 0.25) is 0 Å². The fourth-order valence-electron chi connectivity index (χ4n) is 1.93. The van der Waals surface area contributed by atoms with Gasteiger partial charge in [-0.3, -0.25) is 0 Å². The van der Waals surface area contributed by atoms with Gasteiger partial charge < -0.3 is 5.32 Å². The molecule has 0 unspecified atom stereocenters. The molecule has 2 rings (SSSR count). The average molecular weight is 211 g/mol. The van der Waals surface area contributed by atoms with E-state index in [1.165, 1.54) is 32.1 Å². The Kier molecular flexibility index (Phi) is 3.25. The quantitative estimate of drug-likeness (QED) is 0.809. The van der Waals surface area contributed by atoms with Crippen molar-refractivity contribution in [3.05, 3.63) is 23.4 Å². The lowest BCUT2D eigenvalue weighted by atomic mass is 9.95. The van der Waals surface area contributed by atoms with Crippen LogP contribution in [0.2, 0.25) is 5.02 Å². The predicted octanol–water partition coefficient (Wildman–Crippen LogP) is 3.48. The van der Waals surface area contributed by atoms with Gasteiger partial charge in [-0.05, 0) is 25.0 Å². The second kappa shape index (κ2) is 4.65. The fourth-order valence-corrected chi connectivity index (χ4v) is 2.11. The molecule has 0 amide bonds. The Morgan fingerprint density at radius 2 is 2.07 bits per heavy atom. The Balaban J connectivity index is 1.99. The van der Waals surface area contributed by atoms with Crippen LogP contribution in [0.1, 0.15) is 32.1 Å². The Hall–Kier alpha value is -0.760. The van der Waals surface area contributed by atoms with Gasteiger partial charge in [-0.1, -0.05) is 30.9 Å². The van der Waals surface area contributed by atoms with E-state index in [1.807, 2.05) is 12.1 Å². The minimum absolute atomic E-state index is 0.566. The zero-order chi connectivity index (χ0) is 9.80. The molecule has 1 aromatic rings. The minimum Gasteiger partial charge on any atom is -0.366 e. The van der Waals surface area contributed by atoms with Crippen molar-refractivity contribution in [3.8, 4) is 0 Å². The smallest absolute Gasteiger partial charge is 0.144 e. The van der Waals surface area contributed by atoms with Gasteiger partial charge in [0.05, 0.1) is 5.02 Å². The molecule has 1 fully saturated rings. The van der Waals surface area contributed by atoms with Gasteiger partial charge in [-0.25, -0.2) is 4.98 Å². The van der Waals surface area contributed by atoms with Crippen LogP contribution < -0.4 is 5.32 Å². The first-order valence-corrected chi connectivity index (χ1v) is 5.61. The summed E-state index contributed by atoms with van der Waals surface area (Å²) in [5.74, 6) is 0.834. The molecule has 3 heteroatoms. The highest BCUT2D eigenvalue weighted by Gasteiger charge is 2.14. The van der Waals surface area contributed by atoms with Crippen molar-refractivity contribution in [1.82, 2.24) is 4.98 Å². The average Bonchev–Trinajstić information content (AvgIpc) is 2.23. The van der Waals surface area contributed by atoms with Crippen molar-refractivity contribution in [2.45, 2.75) is 38.1 Å². The third kappa shape index (κ3) is 2.38. The van der Waals surface area contributed by atoms with Gasteiger partial charge in [0, 0.05) is 12.2 Å². The lowest BCUT2D eigenvalue weighted by Crippen LogP contribution is -2.22. The topological polar surface area (TPSA) is 24.9 Å². The molecule has 1 N–H and O–H groups in total. The van der Waals surface area contributed by atoms with Crippen LogP contribution in [0.5, 0.6) is 0 Å². The Bertz CT molecular complexity index is 295. The van der Waals surface area contributed by atoms with Gasteiger partial charge >= 0.3 is 0 Å². The van der Waals surface area contributed by atoms with E-state index in [4.69, 9.17) is 11.6 Å². The molecular formula is C11H15ClN2. The van der Waals surface area contributed by atoms with Crippen LogP contribution in [-0.2, 0) is 0 Å². The number of nitrogens with zero attached hydrogens (tertiary/aromatic N) is 1. The summed E-state index contributed by atoms with van der Waals surface area (Å²) in [6.07, 6.45) is 8.27. The van der Waals surface area contributed by atoms with Crippen molar-refractivity contribution in [3.63, 3.8) is 0 Å². The molecular weight excluding hydrogens is 196 g/mol. The van der Waals surface area contributed by atoms with Crippen LogP contribution in [-0.4, -0.2) is 11.0 Å². The number of pyridine rings is 1. The van der Waals surface area contributed by atoms with E-state index in [0.29, 0.717) is 6.04 Å².